The van der Waals surface area contributed by atoms with Crippen molar-refractivity contribution >= 4 is 28.3 Å². The average molecular weight is 339 g/mol. The first-order valence-corrected chi connectivity index (χ1v) is 6.33. The van der Waals surface area contributed by atoms with E-state index < -0.39 is 12.1 Å². The molecule has 0 aliphatic carbocycles. The Morgan fingerprint density at radius 2 is 1.89 bits per heavy atom. The van der Waals surface area contributed by atoms with Crippen molar-refractivity contribution in [3.05, 3.63) is 28.2 Å². The van der Waals surface area contributed by atoms with Crippen molar-refractivity contribution in [2.45, 2.75) is 32.9 Å². The smallest absolute Gasteiger partial charge is 0.133 e. The van der Waals surface area contributed by atoms with Gasteiger partial charge in [0.1, 0.15) is 5.75 Å². The van der Waals surface area contributed by atoms with Crippen molar-refractivity contribution in [3.8, 4) is 5.75 Å². The zero-order valence-corrected chi connectivity index (χ0v) is 13.5. The number of aliphatic hydroxyl groups excluding tert-OH is 1. The lowest BCUT2D eigenvalue weighted by Crippen LogP contribution is -2.36. The predicted octanol–water partition coefficient (Wildman–Crippen LogP) is 3.29. The Labute approximate surface area is 123 Å². The van der Waals surface area contributed by atoms with E-state index in [9.17, 15) is 5.11 Å². The highest BCUT2D eigenvalue weighted by Gasteiger charge is 2.29. The fourth-order valence-corrected chi connectivity index (χ4v) is 2.17. The van der Waals surface area contributed by atoms with Gasteiger partial charge in [-0.05, 0) is 39.0 Å². The van der Waals surface area contributed by atoms with Gasteiger partial charge in [0, 0.05) is 0 Å². The summed E-state index contributed by atoms with van der Waals surface area (Å²) in [4.78, 5) is 0. The van der Waals surface area contributed by atoms with Crippen LogP contribution in [0.1, 0.15) is 32.4 Å². The fraction of sp³-hybridized carbons (Fsp3) is 0.538. The molecule has 3 nitrogen and oxygen atoms in total. The van der Waals surface area contributed by atoms with Crippen molar-refractivity contribution in [2.24, 2.45) is 11.1 Å². The zero-order chi connectivity index (χ0) is 13.2. The van der Waals surface area contributed by atoms with Gasteiger partial charge in [-0.3, -0.25) is 0 Å². The molecule has 3 N–H and O–H groups in total. The van der Waals surface area contributed by atoms with E-state index in [1.54, 1.807) is 7.11 Å². The monoisotopic (exact) mass is 337 g/mol. The fourth-order valence-electron chi connectivity index (χ4n) is 1.61. The van der Waals surface area contributed by atoms with E-state index in [-0.39, 0.29) is 17.8 Å². The molecule has 0 aliphatic heterocycles. The van der Waals surface area contributed by atoms with E-state index in [1.807, 2.05) is 39.0 Å². The number of ether oxygens (including phenoxy) is 1. The van der Waals surface area contributed by atoms with Crippen molar-refractivity contribution in [3.63, 3.8) is 0 Å². The van der Waals surface area contributed by atoms with E-state index in [1.165, 1.54) is 0 Å². The van der Waals surface area contributed by atoms with E-state index in [0.717, 1.165) is 15.8 Å². The molecule has 0 heterocycles. The van der Waals surface area contributed by atoms with Gasteiger partial charge in [-0.1, -0.05) is 26.8 Å². The summed E-state index contributed by atoms with van der Waals surface area (Å²) in [6, 6.07) is 5.20. The molecule has 5 heteroatoms. The number of hydrogen-bond donors (Lipinski definition) is 2. The van der Waals surface area contributed by atoms with Crippen LogP contribution in [0.5, 0.6) is 5.75 Å². The van der Waals surface area contributed by atoms with Crippen molar-refractivity contribution in [1.82, 2.24) is 0 Å². The second-order valence-corrected chi connectivity index (χ2v) is 6.08. The van der Waals surface area contributed by atoms with Crippen LogP contribution in [0.2, 0.25) is 0 Å². The number of rotatable bonds is 3. The normalized spacial score (nSPS) is 14.6. The van der Waals surface area contributed by atoms with Crippen LogP contribution in [0.25, 0.3) is 0 Å². The third kappa shape index (κ3) is 4.12. The first-order chi connectivity index (χ1) is 7.77. The summed E-state index contributed by atoms with van der Waals surface area (Å²) in [6.07, 6.45) is -0.595. The Morgan fingerprint density at radius 1 is 1.33 bits per heavy atom. The molecule has 0 aromatic heterocycles. The van der Waals surface area contributed by atoms with Crippen molar-refractivity contribution < 1.29 is 9.84 Å². The number of halogens is 2. The van der Waals surface area contributed by atoms with Gasteiger partial charge in [0.25, 0.3) is 0 Å². The quantitative estimate of drug-likeness (QED) is 0.889. The zero-order valence-electron chi connectivity index (χ0n) is 11.1. The maximum atomic E-state index is 10.2. The Hall–Kier alpha value is -0.290. The van der Waals surface area contributed by atoms with Gasteiger partial charge in [0.05, 0.1) is 23.7 Å². The molecule has 0 spiro atoms. The molecule has 2 atom stereocenters. The van der Waals surface area contributed by atoms with Crippen LogP contribution in [0.15, 0.2) is 22.7 Å². The Kier molecular flexibility index (Phi) is 6.65. The van der Waals surface area contributed by atoms with Gasteiger partial charge in [0.15, 0.2) is 0 Å². The Bertz CT molecular complexity index is 393. The minimum absolute atomic E-state index is 0. The van der Waals surface area contributed by atoms with E-state index in [4.69, 9.17) is 10.5 Å². The molecule has 1 rings (SSSR count). The minimum Gasteiger partial charge on any atom is -0.496 e. The summed E-state index contributed by atoms with van der Waals surface area (Å²) in [5.74, 6) is 0.756. The van der Waals surface area contributed by atoms with Crippen LogP contribution in [0.4, 0.5) is 0 Å². The number of hydrogen-bond acceptors (Lipinski definition) is 3. The van der Waals surface area contributed by atoms with Gasteiger partial charge >= 0.3 is 0 Å². The Balaban J connectivity index is 0.00000289. The molecule has 0 aliphatic rings. The first kappa shape index (κ1) is 17.7. The van der Waals surface area contributed by atoms with Gasteiger partial charge < -0.3 is 15.6 Å². The summed E-state index contributed by atoms with van der Waals surface area (Å²) in [6.45, 7) is 5.91. The highest BCUT2D eigenvalue weighted by atomic mass is 79.9. The first-order valence-electron chi connectivity index (χ1n) is 5.54. The van der Waals surface area contributed by atoms with Crippen LogP contribution in [-0.2, 0) is 0 Å². The number of benzene rings is 1. The minimum atomic E-state index is -0.595. The van der Waals surface area contributed by atoms with E-state index in [0.29, 0.717) is 0 Å². The highest BCUT2D eigenvalue weighted by Crippen LogP contribution is 2.32. The summed E-state index contributed by atoms with van der Waals surface area (Å²) in [5, 5.41) is 10.2. The molecule has 0 unspecified atom stereocenters. The molecule has 18 heavy (non-hydrogen) atoms. The predicted molar refractivity (Wildman–Crippen MR) is 80.3 cm³/mol. The summed E-state index contributed by atoms with van der Waals surface area (Å²) in [7, 11) is 1.61. The van der Waals surface area contributed by atoms with E-state index >= 15 is 0 Å². The number of methoxy groups -OCH3 is 1. The lowest BCUT2D eigenvalue weighted by atomic mass is 9.82. The molecule has 1 aromatic carbocycles. The second kappa shape index (κ2) is 6.75. The van der Waals surface area contributed by atoms with Crippen LogP contribution in [-0.4, -0.2) is 18.3 Å². The van der Waals surface area contributed by atoms with Crippen LogP contribution in [0, 0.1) is 5.41 Å². The third-order valence-corrected chi connectivity index (χ3v) is 3.41. The van der Waals surface area contributed by atoms with Gasteiger partial charge in [0.2, 0.25) is 0 Å². The molecule has 0 bridgehead atoms. The van der Waals surface area contributed by atoms with Gasteiger partial charge in [-0.2, -0.15) is 0 Å². The highest BCUT2D eigenvalue weighted by molar-refractivity contribution is 9.10. The molecule has 0 fully saturated rings. The molecule has 0 saturated heterocycles. The van der Waals surface area contributed by atoms with Crippen LogP contribution < -0.4 is 10.5 Å². The maximum Gasteiger partial charge on any atom is 0.133 e. The molecule has 0 amide bonds. The molecule has 104 valence electrons. The molecule has 0 radical (unpaired) electrons. The van der Waals surface area contributed by atoms with Gasteiger partial charge in [-0.25, -0.2) is 0 Å². The standard InChI is InChI=1S/C13H20BrNO2.ClH/c1-13(2,3)12(16)11(15)8-5-6-10(17-4)9(14)7-8;/h5-7,11-12,16H,15H2,1-4H3;1H/t11-,12-;/m0./s1. The van der Waals surface area contributed by atoms with Crippen LogP contribution >= 0.6 is 28.3 Å². The lowest BCUT2D eigenvalue weighted by Gasteiger charge is -2.31. The third-order valence-electron chi connectivity index (χ3n) is 2.79. The topological polar surface area (TPSA) is 55.5 Å². The second-order valence-electron chi connectivity index (χ2n) is 5.23. The molecule has 0 saturated carbocycles. The van der Waals surface area contributed by atoms with Crippen molar-refractivity contribution in [2.75, 3.05) is 7.11 Å². The van der Waals surface area contributed by atoms with E-state index in [2.05, 4.69) is 15.9 Å². The summed E-state index contributed by atoms with van der Waals surface area (Å²) in [5.41, 5.74) is 6.72. The molecular weight excluding hydrogens is 318 g/mol. The average Bonchev–Trinajstić information content (AvgIpc) is 2.25. The van der Waals surface area contributed by atoms with Gasteiger partial charge in [-0.15, -0.1) is 12.4 Å². The van der Waals surface area contributed by atoms with Crippen LogP contribution in [0.3, 0.4) is 0 Å². The number of aliphatic hydroxyl groups is 1. The number of nitrogens with two attached hydrogens (primary N) is 1. The summed E-state index contributed by atoms with van der Waals surface area (Å²) >= 11 is 3.41. The largest absolute Gasteiger partial charge is 0.496 e. The maximum absolute atomic E-state index is 10.2. The summed E-state index contributed by atoms with van der Waals surface area (Å²) < 4.78 is 6.00. The Morgan fingerprint density at radius 3 is 2.28 bits per heavy atom. The lowest BCUT2D eigenvalue weighted by molar-refractivity contribution is 0.0401. The SMILES string of the molecule is COc1ccc([C@H](N)[C@H](O)C(C)(C)C)cc1Br.Cl. The molecule has 1 aromatic rings. The molecular formula is C13H21BrClNO2. The van der Waals surface area contributed by atoms with Crippen molar-refractivity contribution in [1.29, 1.82) is 0 Å².